The van der Waals surface area contributed by atoms with Gasteiger partial charge in [-0.1, -0.05) is 43.5 Å². The fourth-order valence-electron chi connectivity index (χ4n) is 3.40. The van der Waals surface area contributed by atoms with E-state index in [9.17, 15) is 14.4 Å². The second-order valence-electron chi connectivity index (χ2n) is 8.98. The zero-order valence-corrected chi connectivity index (χ0v) is 20.6. The first kappa shape index (κ1) is 27.8. The van der Waals surface area contributed by atoms with Gasteiger partial charge in [0.15, 0.2) is 0 Å². The van der Waals surface area contributed by atoms with Crippen LogP contribution >= 0.6 is 0 Å². The molecule has 0 aliphatic carbocycles. The molecule has 3 atom stereocenters. The van der Waals surface area contributed by atoms with E-state index in [1.54, 1.807) is 52.0 Å². The van der Waals surface area contributed by atoms with Crippen molar-refractivity contribution >= 4 is 17.9 Å². The van der Waals surface area contributed by atoms with Gasteiger partial charge >= 0.3 is 6.09 Å². The largest absolute Gasteiger partial charge is 0.444 e. The summed E-state index contributed by atoms with van der Waals surface area (Å²) in [5.74, 6) is 1.79. The van der Waals surface area contributed by atoms with Crippen LogP contribution in [-0.4, -0.2) is 47.0 Å². The molecule has 0 heterocycles. The lowest BCUT2D eigenvalue weighted by atomic mass is 9.97. The zero-order valence-electron chi connectivity index (χ0n) is 20.6. The lowest BCUT2D eigenvalue weighted by Gasteiger charge is -2.34. The minimum absolute atomic E-state index is 0.0817. The maximum absolute atomic E-state index is 13.4. The fraction of sp³-hybridized carbons (Fsp3) is 0.500. The summed E-state index contributed by atoms with van der Waals surface area (Å²) >= 11 is 0. The number of carbonyl (C=O) groups excluding carboxylic acids is 3. The van der Waals surface area contributed by atoms with Crippen LogP contribution in [0.15, 0.2) is 36.9 Å². The lowest BCUT2D eigenvalue weighted by Crippen LogP contribution is -2.52. The number of amides is 3. The van der Waals surface area contributed by atoms with Crippen molar-refractivity contribution in [3.63, 3.8) is 0 Å². The Kier molecular flexibility index (Phi) is 10.7. The molecule has 7 nitrogen and oxygen atoms in total. The van der Waals surface area contributed by atoms with E-state index in [0.29, 0.717) is 11.1 Å². The zero-order chi connectivity index (χ0) is 25.2. The van der Waals surface area contributed by atoms with Crippen molar-refractivity contribution in [1.29, 1.82) is 0 Å². The number of rotatable bonds is 10. The molecule has 7 heteroatoms. The summed E-state index contributed by atoms with van der Waals surface area (Å²) in [6, 6.07) is 4.99. The third-order valence-corrected chi connectivity index (χ3v) is 4.79. The molecule has 1 aromatic rings. The molecule has 3 unspecified atom stereocenters. The molecule has 0 aliphatic rings. The predicted molar refractivity (Wildman–Crippen MR) is 130 cm³/mol. The summed E-state index contributed by atoms with van der Waals surface area (Å²) in [4.78, 5) is 40.5. The third-order valence-electron chi connectivity index (χ3n) is 4.79. The first-order valence-electron chi connectivity index (χ1n) is 11.2. The number of ether oxygens (including phenoxy) is 1. The molecule has 0 spiro atoms. The number of alkyl carbamates (subject to hydrolysis) is 1. The van der Waals surface area contributed by atoms with Gasteiger partial charge in [-0.25, -0.2) is 4.79 Å². The van der Waals surface area contributed by atoms with Crippen LogP contribution in [0, 0.1) is 12.3 Å². The highest BCUT2D eigenvalue weighted by Gasteiger charge is 2.35. The maximum Gasteiger partial charge on any atom is 0.408 e. The van der Waals surface area contributed by atoms with E-state index in [1.165, 1.54) is 11.0 Å². The van der Waals surface area contributed by atoms with Gasteiger partial charge in [-0.15, -0.1) is 13.0 Å². The Balaban J connectivity index is 3.35. The highest BCUT2D eigenvalue weighted by molar-refractivity contribution is 5.92. The Hall–Kier alpha value is -3.27. The van der Waals surface area contributed by atoms with Gasteiger partial charge in [0.25, 0.3) is 0 Å². The first-order chi connectivity index (χ1) is 15.4. The van der Waals surface area contributed by atoms with Crippen LogP contribution in [0.4, 0.5) is 4.79 Å². The van der Waals surface area contributed by atoms with Crippen LogP contribution in [0.25, 0.3) is 0 Å². The second-order valence-corrected chi connectivity index (χ2v) is 8.98. The number of nitrogens with one attached hydrogen (secondary N) is 2. The van der Waals surface area contributed by atoms with E-state index in [-0.39, 0.29) is 18.5 Å². The van der Waals surface area contributed by atoms with Crippen LogP contribution in [0.1, 0.15) is 71.6 Å². The van der Waals surface area contributed by atoms with Gasteiger partial charge < -0.3 is 20.3 Å². The average Bonchev–Trinajstić information content (AvgIpc) is 2.71. The van der Waals surface area contributed by atoms with Crippen LogP contribution in [0.3, 0.4) is 0 Å². The molecule has 180 valence electrons. The van der Waals surface area contributed by atoms with Crippen LogP contribution in [-0.2, 0) is 14.3 Å². The summed E-state index contributed by atoms with van der Waals surface area (Å²) in [5, 5.41) is 5.54. The molecule has 1 aromatic carbocycles. The average molecular weight is 456 g/mol. The van der Waals surface area contributed by atoms with Gasteiger partial charge in [-0.3, -0.25) is 9.59 Å². The Bertz CT molecular complexity index is 882. The highest BCUT2D eigenvalue weighted by Crippen LogP contribution is 2.26. The van der Waals surface area contributed by atoms with Gasteiger partial charge in [0.2, 0.25) is 11.8 Å². The van der Waals surface area contributed by atoms with Crippen molar-refractivity contribution < 1.29 is 19.1 Å². The monoisotopic (exact) mass is 455 g/mol. The number of terminal acetylenes is 1. The molecular weight excluding hydrogens is 418 g/mol. The molecule has 0 aliphatic heterocycles. The van der Waals surface area contributed by atoms with E-state index in [1.807, 2.05) is 13.8 Å². The van der Waals surface area contributed by atoms with E-state index in [0.717, 1.165) is 12.8 Å². The standard InChI is InChI=1S/C26H37N3O4/c1-9-14-18(4)27-23(30)22(21-16-13-12-15-20(21)11-3)29(17-10-2)24(31)19(5)28-25(32)33-26(6,7)8/h3,10,12-13,15-16,18-19,22H,2,9,14,17H2,1,4-8H3,(H,27,30)(H,28,32). The van der Waals surface area contributed by atoms with E-state index >= 15 is 0 Å². The third kappa shape index (κ3) is 8.64. The topological polar surface area (TPSA) is 87.7 Å². The predicted octanol–water partition coefficient (Wildman–Crippen LogP) is 3.94. The summed E-state index contributed by atoms with van der Waals surface area (Å²) in [6.45, 7) is 14.5. The van der Waals surface area contributed by atoms with Gasteiger partial charge in [0, 0.05) is 18.2 Å². The maximum atomic E-state index is 13.4. The van der Waals surface area contributed by atoms with Gasteiger partial charge in [0.1, 0.15) is 17.7 Å². The van der Waals surface area contributed by atoms with Crippen LogP contribution in [0.2, 0.25) is 0 Å². The van der Waals surface area contributed by atoms with Crippen LogP contribution < -0.4 is 10.6 Å². The van der Waals surface area contributed by atoms with Crippen molar-refractivity contribution in [1.82, 2.24) is 15.5 Å². The first-order valence-corrected chi connectivity index (χ1v) is 11.2. The smallest absolute Gasteiger partial charge is 0.408 e. The van der Waals surface area contributed by atoms with E-state index in [2.05, 4.69) is 23.1 Å². The molecular formula is C26H37N3O4. The van der Waals surface area contributed by atoms with Crippen molar-refractivity contribution in [3.8, 4) is 12.3 Å². The fourth-order valence-corrected chi connectivity index (χ4v) is 3.40. The van der Waals surface area contributed by atoms with E-state index < -0.39 is 29.7 Å². The minimum Gasteiger partial charge on any atom is -0.444 e. The summed E-state index contributed by atoms with van der Waals surface area (Å²) in [5.41, 5.74) is 0.327. The number of carbonyl (C=O) groups is 3. The van der Waals surface area contributed by atoms with Gasteiger partial charge in [0.05, 0.1) is 0 Å². The Morgan fingerprint density at radius 2 is 1.85 bits per heavy atom. The van der Waals surface area contributed by atoms with Crippen molar-refractivity contribution in [2.24, 2.45) is 0 Å². The SMILES string of the molecule is C#Cc1ccccc1C(C(=O)NC(C)CCC)N(CC=C)C(=O)C(C)NC(=O)OC(C)(C)C. The Labute approximate surface area is 197 Å². The summed E-state index contributed by atoms with van der Waals surface area (Å²) in [6.07, 6.45) is 8.20. The molecule has 3 amide bonds. The molecule has 0 fully saturated rings. The minimum atomic E-state index is -0.995. The van der Waals surface area contributed by atoms with Crippen LogP contribution in [0.5, 0.6) is 0 Å². The molecule has 1 rings (SSSR count). The molecule has 0 saturated heterocycles. The highest BCUT2D eigenvalue weighted by atomic mass is 16.6. The number of hydrogen-bond acceptors (Lipinski definition) is 4. The lowest BCUT2D eigenvalue weighted by molar-refractivity contribution is -0.141. The Morgan fingerprint density at radius 3 is 2.39 bits per heavy atom. The van der Waals surface area contributed by atoms with Crippen molar-refractivity contribution in [2.45, 2.75) is 78.1 Å². The van der Waals surface area contributed by atoms with Gasteiger partial charge in [-0.05, 0) is 52.7 Å². The number of benzene rings is 1. The molecule has 0 aromatic heterocycles. The van der Waals surface area contributed by atoms with Crippen molar-refractivity contribution in [2.75, 3.05) is 6.54 Å². The second kappa shape index (κ2) is 12.7. The normalized spacial score (nSPS) is 13.6. The molecule has 0 bridgehead atoms. The molecule has 2 N–H and O–H groups in total. The molecule has 0 radical (unpaired) electrons. The number of hydrogen-bond donors (Lipinski definition) is 2. The summed E-state index contributed by atoms with van der Waals surface area (Å²) < 4.78 is 5.26. The summed E-state index contributed by atoms with van der Waals surface area (Å²) in [7, 11) is 0. The van der Waals surface area contributed by atoms with E-state index in [4.69, 9.17) is 11.2 Å². The molecule has 0 saturated carbocycles. The molecule has 33 heavy (non-hydrogen) atoms. The quantitative estimate of drug-likeness (QED) is 0.413. The van der Waals surface area contributed by atoms with Crippen molar-refractivity contribution in [3.05, 3.63) is 48.0 Å². The number of nitrogens with zero attached hydrogens (tertiary/aromatic N) is 1. The Morgan fingerprint density at radius 1 is 1.21 bits per heavy atom. The van der Waals surface area contributed by atoms with Gasteiger partial charge in [-0.2, -0.15) is 0 Å².